The molecule has 0 bridgehead atoms. The summed E-state index contributed by atoms with van der Waals surface area (Å²) in [5, 5.41) is 14.4. The first-order valence-electron chi connectivity index (χ1n) is 15.5. The molecule has 0 radical (unpaired) electrons. The Kier molecular flexibility index (Phi) is 5.88. The quantitative estimate of drug-likeness (QED) is 0.202. The average molecular weight is 586 g/mol. The van der Waals surface area contributed by atoms with Crippen LogP contribution in [0.25, 0.3) is 77.2 Å². The van der Waals surface area contributed by atoms with E-state index in [0.717, 1.165) is 33.6 Å². The third-order valence-electron chi connectivity index (χ3n) is 9.12. The summed E-state index contributed by atoms with van der Waals surface area (Å²) in [6.07, 6.45) is 0. The summed E-state index contributed by atoms with van der Waals surface area (Å²) in [4.78, 5) is 0. The number of hydrogen-bond donors (Lipinski definition) is 0. The van der Waals surface area contributed by atoms with Crippen LogP contribution in [0.15, 0.2) is 164 Å². The standard InChI is InChI=1S/C43H27N3/c44-28-29-18-20-30(21-19-29)32-24-33(26-35(25-32)46-40-15-7-4-12-36(40)37-13-5-8-16-41(37)46)31-22-23-43-39(27-31)38-14-6-9-17-42(38)45(43)34-10-2-1-3-11-34/h1-27H. The van der Waals surface area contributed by atoms with Crippen LogP contribution >= 0.6 is 0 Å². The van der Waals surface area contributed by atoms with E-state index in [1.807, 2.05) is 24.3 Å². The van der Waals surface area contributed by atoms with Gasteiger partial charge in [-0.15, -0.1) is 0 Å². The van der Waals surface area contributed by atoms with E-state index in [1.165, 1.54) is 43.6 Å². The maximum Gasteiger partial charge on any atom is 0.0991 e. The fraction of sp³-hybridized carbons (Fsp3) is 0. The van der Waals surface area contributed by atoms with Crippen molar-refractivity contribution in [2.45, 2.75) is 0 Å². The van der Waals surface area contributed by atoms with Gasteiger partial charge in [-0.2, -0.15) is 5.26 Å². The summed E-state index contributed by atoms with van der Waals surface area (Å²) in [6.45, 7) is 0. The lowest BCUT2D eigenvalue weighted by Crippen LogP contribution is -1.96. The van der Waals surface area contributed by atoms with Crippen molar-refractivity contribution in [3.05, 3.63) is 169 Å². The molecule has 9 aromatic rings. The molecule has 2 heterocycles. The van der Waals surface area contributed by atoms with E-state index in [-0.39, 0.29) is 0 Å². The van der Waals surface area contributed by atoms with Crippen LogP contribution in [0.2, 0.25) is 0 Å². The molecule has 0 aliphatic carbocycles. The van der Waals surface area contributed by atoms with Gasteiger partial charge in [-0.25, -0.2) is 0 Å². The Morgan fingerprint density at radius 1 is 0.348 bits per heavy atom. The number of hydrogen-bond acceptors (Lipinski definition) is 1. The van der Waals surface area contributed by atoms with Crippen molar-refractivity contribution in [3.8, 4) is 39.7 Å². The molecule has 9 rings (SSSR count). The number of nitrogens with zero attached hydrogens (tertiary/aromatic N) is 3. The van der Waals surface area contributed by atoms with Gasteiger partial charge < -0.3 is 9.13 Å². The molecule has 214 valence electrons. The topological polar surface area (TPSA) is 33.6 Å². The number of fused-ring (bicyclic) bond motifs is 6. The van der Waals surface area contributed by atoms with Crippen molar-refractivity contribution in [2.24, 2.45) is 0 Å². The Hall–Kier alpha value is -6.37. The van der Waals surface area contributed by atoms with Gasteiger partial charge >= 0.3 is 0 Å². The van der Waals surface area contributed by atoms with E-state index in [2.05, 4.69) is 155 Å². The second kappa shape index (κ2) is 10.4. The van der Waals surface area contributed by atoms with E-state index < -0.39 is 0 Å². The van der Waals surface area contributed by atoms with Gasteiger partial charge in [0.25, 0.3) is 0 Å². The Labute approximate surface area is 266 Å². The predicted molar refractivity (Wildman–Crippen MR) is 191 cm³/mol. The van der Waals surface area contributed by atoms with E-state index in [4.69, 9.17) is 0 Å². The number of nitriles is 1. The zero-order valence-corrected chi connectivity index (χ0v) is 24.9. The van der Waals surface area contributed by atoms with Gasteiger partial charge in [-0.05, 0) is 95.1 Å². The second-order valence-electron chi connectivity index (χ2n) is 11.7. The molecule has 0 fully saturated rings. The van der Waals surface area contributed by atoms with E-state index in [1.54, 1.807) is 0 Å². The Morgan fingerprint density at radius 2 is 0.826 bits per heavy atom. The highest BCUT2D eigenvalue weighted by Crippen LogP contribution is 2.39. The summed E-state index contributed by atoms with van der Waals surface area (Å²) in [6, 6.07) is 60.3. The van der Waals surface area contributed by atoms with Crippen LogP contribution in [0.3, 0.4) is 0 Å². The highest BCUT2D eigenvalue weighted by Gasteiger charge is 2.16. The van der Waals surface area contributed by atoms with E-state index >= 15 is 0 Å². The molecule has 0 saturated heterocycles. The summed E-state index contributed by atoms with van der Waals surface area (Å²) in [5.41, 5.74) is 12.1. The van der Waals surface area contributed by atoms with E-state index in [0.29, 0.717) is 5.56 Å². The normalized spacial score (nSPS) is 11.5. The van der Waals surface area contributed by atoms with Crippen molar-refractivity contribution in [2.75, 3.05) is 0 Å². The molecule has 0 spiro atoms. The van der Waals surface area contributed by atoms with Gasteiger partial charge in [-0.1, -0.05) is 91.0 Å². The summed E-state index contributed by atoms with van der Waals surface area (Å²) >= 11 is 0. The fourth-order valence-corrected chi connectivity index (χ4v) is 7.02. The zero-order valence-electron chi connectivity index (χ0n) is 24.9. The first-order valence-corrected chi connectivity index (χ1v) is 15.5. The van der Waals surface area contributed by atoms with Gasteiger partial charge in [0.1, 0.15) is 0 Å². The molecular weight excluding hydrogens is 558 g/mol. The molecule has 3 nitrogen and oxygen atoms in total. The maximum absolute atomic E-state index is 9.44. The van der Waals surface area contributed by atoms with Crippen LogP contribution < -0.4 is 0 Å². The van der Waals surface area contributed by atoms with Crippen molar-refractivity contribution in [1.82, 2.24) is 9.13 Å². The third kappa shape index (κ3) is 4.05. The predicted octanol–water partition coefficient (Wildman–Crippen LogP) is 11.1. The van der Waals surface area contributed by atoms with Gasteiger partial charge in [0, 0.05) is 32.9 Å². The van der Waals surface area contributed by atoms with Crippen LogP contribution in [0.1, 0.15) is 5.56 Å². The lowest BCUT2D eigenvalue weighted by molar-refractivity contribution is 1.18. The zero-order chi connectivity index (χ0) is 30.6. The summed E-state index contributed by atoms with van der Waals surface area (Å²) in [7, 11) is 0. The minimum absolute atomic E-state index is 0.655. The van der Waals surface area contributed by atoms with Gasteiger partial charge in [-0.3, -0.25) is 0 Å². The average Bonchev–Trinajstić information content (AvgIpc) is 3.64. The lowest BCUT2D eigenvalue weighted by Gasteiger charge is -2.14. The molecule has 0 saturated carbocycles. The van der Waals surface area contributed by atoms with Gasteiger partial charge in [0.05, 0.1) is 33.7 Å². The summed E-state index contributed by atoms with van der Waals surface area (Å²) < 4.78 is 4.73. The highest BCUT2D eigenvalue weighted by molar-refractivity contribution is 6.11. The van der Waals surface area contributed by atoms with Crippen molar-refractivity contribution in [3.63, 3.8) is 0 Å². The van der Waals surface area contributed by atoms with Crippen LogP contribution in [0.4, 0.5) is 0 Å². The molecule has 0 atom stereocenters. The number of rotatable bonds is 4. The fourth-order valence-electron chi connectivity index (χ4n) is 7.02. The van der Waals surface area contributed by atoms with Crippen molar-refractivity contribution in [1.29, 1.82) is 5.26 Å². The van der Waals surface area contributed by atoms with Crippen molar-refractivity contribution >= 4 is 43.6 Å². The van der Waals surface area contributed by atoms with Crippen LogP contribution in [0, 0.1) is 11.3 Å². The number of aromatic nitrogens is 2. The molecule has 7 aromatic carbocycles. The van der Waals surface area contributed by atoms with Gasteiger partial charge in [0.2, 0.25) is 0 Å². The molecule has 0 unspecified atom stereocenters. The van der Waals surface area contributed by atoms with Crippen molar-refractivity contribution < 1.29 is 0 Å². The minimum atomic E-state index is 0.655. The first kappa shape index (κ1) is 26.1. The van der Waals surface area contributed by atoms with Crippen LogP contribution in [0.5, 0.6) is 0 Å². The Bertz CT molecular complexity index is 2580. The Morgan fingerprint density at radius 3 is 1.43 bits per heavy atom. The minimum Gasteiger partial charge on any atom is -0.309 e. The van der Waals surface area contributed by atoms with Crippen LogP contribution in [-0.4, -0.2) is 9.13 Å². The number of para-hydroxylation sites is 4. The molecule has 0 aliphatic heterocycles. The lowest BCUT2D eigenvalue weighted by atomic mass is 9.96. The van der Waals surface area contributed by atoms with E-state index in [9.17, 15) is 5.26 Å². The van der Waals surface area contributed by atoms with Gasteiger partial charge in [0.15, 0.2) is 0 Å². The molecule has 3 heteroatoms. The maximum atomic E-state index is 9.44. The molecule has 0 N–H and O–H groups in total. The number of benzene rings is 7. The van der Waals surface area contributed by atoms with Crippen LogP contribution in [-0.2, 0) is 0 Å². The molecule has 0 amide bonds. The monoisotopic (exact) mass is 585 g/mol. The first-order chi connectivity index (χ1) is 22.8. The smallest absolute Gasteiger partial charge is 0.0991 e. The summed E-state index contributed by atoms with van der Waals surface area (Å²) in [5.74, 6) is 0. The SMILES string of the molecule is N#Cc1ccc(-c2cc(-c3ccc4c(c3)c3ccccc3n4-c3ccccc3)cc(-n3c4ccccc4c4ccccc43)c2)cc1. The molecule has 46 heavy (non-hydrogen) atoms. The second-order valence-corrected chi connectivity index (χ2v) is 11.7. The molecular formula is C43H27N3. The Balaban J connectivity index is 1.31. The highest BCUT2D eigenvalue weighted by atomic mass is 15.0. The molecule has 2 aromatic heterocycles. The largest absolute Gasteiger partial charge is 0.309 e. The molecule has 0 aliphatic rings. The third-order valence-corrected chi connectivity index (χ3v) is 9.12.